The van der Waals surface area contributed by atoms with Crippen LogP contribution in [0.3, 0.4) is 0 Å². The topological polar surface area (TPSA) is 15.5 Å². The lowest BCUT2D eigenvalue weighted by atomic mass is 10.3. The van der Waals surface area contributed by atoms with E-state index in [0.29, 0.717) is 0 Å². The molecule has 0 aromatic rings. The van der Waals surface area contributed by atoms with Gasteiger partial charge in [-0.3, -0.25) is 4.58 Å². The van der Waals surface area contributed by atoms with Gasteiger partial charge in [0.05, 0.1) is 19.6 Å². The van der Waals surface area contributed by atoms with E-state index < -0.39 is 0 Å². The van der Waals surface area contributed by atoms with Gasteiger partial charge in [0, 0.05) is 0 Å². The fraction of sp³-hybridized carbons (Fsp3) is 0.769. The Bertz CT molecular complexity index is 248. The highest BCUT2D eigenvalue weighted by Gasteiger charge is 2.29. The number of likely N-dealkylation sites (N-methyl/N-ethyl adjacent to an activating group) is 1. The Labute approximate surface area is 99.4 Å². The van der Waals surface area contributed by atoms with Crippen LogP contribution in [-0.4, -0.2) is 41.7 Å². The summed E-state index contributed by atoms with van der Waals surface area (Å²) in [5.74, 6) is 1.27. The number of hydrogen-bond acceptors (Lipinski definition) is 2. The molecule has 0 N–H and O–H groups in total. The van der Waals surface area contributed by atoms with Gasteiger partial charge < -0.3 is 0 Å². The predicted octanol–water partition coefficient (Wildman–Crippen LogP) is 2.43. The van der Waals surface area contributed by atoms with Gasteiger partial charge >= 0.3 is 0 Å². The quantitative estimate of drug-likeness (QED) is 0.358. The first kappa shape index (κ1) is 13.2. The number of hydrogen-bond donors (Lipinski definition) is 0. The molecule has 0 atom stereocenters. The first-order valence-corrected chi connectivity index (χ1v) is 6.45. The van der Waals surface area contributed by atoms with Crippen molar-refractivity contribution in [2.45, 2.75) is 39.5 Å². The first-order chi connectivity index (χ1) is 7.83. The van der Waals surface area contributed by atoms with E-state index in [0.717, 1.165) is 39.1 Å². The second-order valence-electron chi connectivity index (χ2n) is 4.13. The molecule has 0 radical (unpaired) electrons. The smallest absolute Gasteiger partial charge is 0.259 e. The minimum absolute atomic E-state index is 0.839. The minimum atomic E-state index is 0.839. The summed E-state index contributed by atoms with van der Waals surface area (Å²) >= 11 is 0. The van der Waals surface area contributed by atoms with Gasteiger partial charge in [-0.1, -0.05) is 25.8 Å². The highest BCUT2D eigenvalue weighted by atomic mass is 16.7. The van der Waals surface area contributed by atoms with Crippen LogP contribution in [0.2, 0.25) is 0 Å². The molecule has 0 unspecified atom stereocenters. The standard InChI is InChI=1S/C13H25N2O/c1-4-7-8-12-16-15-11-10-14(6-3)13(15)9-5-2/h5H,2,4,6-12H2,1,3H3/q+1. The molecule has 0 spiro atoms. The molecule has 0 saturated carbocycles. The van der Waals surface area contributed by atoms with Crippen LogP contribution in [0.25, 0.3) is 0 Å². The van der Waals surface area contributed by atoms with E-state index in [4.69, 9.17) is 4.84 Å². The Morgan fingerprint density at radius 1 is 1.44 bits per heavy atom. The van der Waals surface area contributed by atoms with Crippen molar-refractivity contribution in [3.63, 3.8) is 0 Å². The number of amidine groups is 1. The molecule has 1 rings (SSSR count). The molecule has 0 amide bonds. The van der Waals surface area contributed by atoms with Crippen LogP contribution in [0.1, 0.15) is 39.5 Å². The number of nitrogens with zero attached hydrogens (tertiary/aromatic N) is 2. The molecular formula is C13H25N2O+. The lowest BCUT2D eigenvalue weighted by Crippen LogP contribution is -2.29. The van der Waals surface area contributed by atoms with Crippen LogP contribution < -0.4 is 0 Å². The Hall–Kier alpha value is -0.830. The van der Waals surface area contributed by atoms with Crippen LogP contribution in [0, 0.1) is 0 Å². The molecule has 1 aliphatic heterocycles. The van der Waals surface area contributed by atoms with Gasteiger partial charge in [-0.15, -0.1) is 11.6 Å². The van der Waals surface area contributed by atoms with Gasteiger partial charge in [0.1, 0.15) is 6.54 Å². The van der Waals surface area contributed by atoms with Crippen LogP contribution in [0.4, 0.5) is 0 Å². The molecule has 0 fully saturated rings. The van der Waals surface area contributed by atoms with E-state index in [9.17, 15) is 0 Å². The zero-order valence-electron chi connectivity index (χ0n) is 10.7. The van der Waals surface area contributed by atoms with E-state index in [-0.39, 0.29) is 0 Å². The van der Waals surface area contributed by atoms with Crippen molar-refractivity contribution < 1.29 is 9.41 Å². The molecule has 1 aliphatic rings. The largest absolute Gasteiger partial charge is 0.281 e. The summed E-state index contributed by atoms with van der Waals surface area (Å²) in [6.07, 6.45) is 6.50. The number of hydroxylamine groups is 2. The molecule has 16 heavy (non-hydrogen) atoms. The van der Waals surface area contributed by atoms with Gasteiger partial charge in [-0.05, 0) is 13.3 Å². The maximum atomic E-state index is 5.81. The second kappa shape index (κ2) is 7.44. The second-order valence-corrected chi connectivity index (χ2v) is 4.13. The van der Waals surface area contributed by atoms with Crippen molar-refractivity contribution in [2.75, 3.05) is 26.2 Å². The highest BCUT2D eigenvalue weighted by molar-refractivity contribution is 5.78. The maximum absolute atomic E-state index is 5.81. The fourth-order valence-electron chi connectivity index (χ4n) is 1.99. The molecule has 3 nitrogen and oxygen atoms in total. The van der Waals surface area contributed by atoms with Crippen molar-refractivity contribution in [3.05, 3.63) is 12.7 Å². The summed E-state index contributed by atoms with van der Waals surface area (Å²) in [4.78, 5) is 5.81. The molecule has 0 aliphatic carbocycles. The van der Waals surface area contributed by atoms with Crippen molar-refractivity contribution in [1.82, 2.24) is 5.06 Å². The molecule has 0 saturated heterocycles. The Morgan fingerprint density at radius 2 is 2.25 bits per heavy atom. The fourth-order valence-corrected chi connectivity index (χ4v) is 1.99. The van der Waals surface area contributed by atoms with Gasteiger partial charge in [0.15, 0.2) is 6.54 Å². The minimum Gasteiger partial charge on any atom is -0.259 e. The van der Waals surface area contributed by atoms with E-state index in [1.807, 2.05) is 6.08 Å². The zero-order valence-corrected chi connectivity index (χ0v) is 10.7. The van der Waals surface area contributed by atoms with Crippen LogP contribution in [-0.2, 0) is 4.84 Å². The van der Waals surface area contributed by atoms with Gasteiger partial charge in [0.2, 0.25) is 0 Å². The summed E-state index contributed by atoms with van der Waals surface area (Å²) < 4.78 is 2.36. The maximum Gasteiger partial charge on any atom is 0.281 e. The van der Waals surface area contributed by atoms with Crippen molar-refractivity contribution >= 4 is 5.84 Å². The Morgan fingerprint density at radius 3 is 2.88 bits per heavy atom. The van der Waals surface area contributed by atoms with Crippen LogP contribution >= 0.6 is 0 Å². The van der Waals surface area contributed by atoms with Gasteiger partial charge in [0.25, 0.3) is 5.84 Å². The lowest BCUT2D eigenvalue weighted by molar-refractivity contribution is -0.515. The van der Waals surface area contributed by atoms with Crippen LogP contribution in [0.5, 0.6) is 0 Å². The van der Waals surface area contributed by atoms with Crippen molar-refractivity contribution in [1.29, 1.82) is 0 Å². The molecule has 0 aromatic heterocycles. The summed E-state index contributed by atoms with van der Waals surface area (Å²) in [7, 11) is 0. The van der Waals surface area contributed by atoms with Gasteiger partial charge in [-0.2, -0.15) is 4.84 Å². The van der Waals surface area contributed by atoms with E-state index in [1.54, 1.807) is 0 Å². The molecular weight excluding hydrogens is 200 g/mol. The Kier molecular flexibility index (Phi) is 6.16. The summed E-state index contributed by atoms with van der Waals surface area (Å²) in [6.45, 7) is 12.2. The predicted molar refractivity (Wildman–Crippen MR) is 67.7 cm³/mol. The number of rotatable bonds is 8. The summed E-state index contributed by atoms with van der Waals surface area (Å²) in [5, 5.41) is 2.06. The zero-order chi connectivity index (χ0) is 11.8. The normalized spacial score (nSPS) is 16.0. The molecule has 0 bridgehead atoms. The summed E-state index contributed by atoms with van der Waals surface area (Å²) in [6, 6.07) is 0. The molecule has 0 aromatic carbocycles. The molecule has 92 valence electrons. The van der Waals surface area contributed by atoms with Crippen molar-refractivity contribution in [2.24, 2.45) is 0 Å². The average Bonchev–Trinajstić information content (AvgIpc) is 2.68. The third-order valence-corrected chi connectivity index (χ3v) is 2.93. The van der Waals surface area contributed by atoms with E-state index in [2.05, 4.69) is 30.1 Å². The lowest BCUT2D eigenvalue weighted by Gasteiger charge is -2.10. The third-order valence-electron chi connectivity index (χ3n) is 2.93. The van der Waals surface area contributed by atoms with Crippen LogP contribution in [0.15, 0.2) is 12.7 Å². The average molecular weight is 225 g/mol. The van der Waals surface area contributed by atoms with Gasteiger partial charge in [-0.25, -0.2) is 0 Å². The highest BCUT2D eigenvalue weighted by Crippen LogP contribution is 2.08. The molecule has 1 heterocycles. The van der Waals surface area contributed by atoms with Crippen molar-refractivity contribution in [3.8, 4) is 0 Å². The monoisotopic (exact) mass is 225 g/mol. The molecule has 3 heteroatoms. The Balaban J connectivity index is 2.41. The number of unbranched alkanes of at least 4 members (excludes halogenated alkanes) is 2. The SMILES string of the molecule is C=CCC1=[N+](CC)CCN1OCCCCC. The summed E-state index contributed by atoms with van der Waals surface area (Å²) in [5.41, 5.74) is 0. The first-order valence-electron chi connectivity index (χ1n) is 6.45. The van der Waals surface area contributed by atoms with E-state index >= 15 is 0 Å². The van der Waals surface area contributed by atoms with E-state index in [1.165, 1.54) is 18.7 Å². The third kappa shape index (κ3) is 3.63.